The Bertz CT molecular complexity index is 414. The number of esters is 1. The molecule has 18 heavy (non-hydrogen) atoms. The van der Waals surface area contributed by atoms with Crippen LogP contribution in [0.15, 0.2) is 24.3 Å². The molecule has 1 N–H and O–H groups in total. The lowest BCUT2D eigenvalue weighted by atomic mass is 10.3. The largest absolute Gasteiger partial charge is 0.494 e. The second-order valence-corrected chi connectivity index (χ2v) is 3.70. The quantitative estimate of drug-likeness (QED) is 0.813. The van der Waals surface area contributed by atoms with Gasteiger partial charge >= 0.3 is 5.97 Å². The van der Waals surface area contributed by atoms with Crippen molar-refractivity contribution < 1.29 is 19.1 Å². The Morgan fingerprint density at radius 2 is 1.89 bits per heavy atom. The van der Waals surface area contributed by atoms with Gasteiger partial charge in [-0.05, 0) is 38.1 Å². The molecule has 0 aromatic heterocycles. The summed E-state index contributed by atoms with van der Waals surface area (Å²) < 4.78 is 10.1. The zero-order valence-corrected chi connectivity index (χ0v) is 10.7. The molecule has 0 aliphatic rings. The molecule has 1 aromatic rings. The van der Waals surface area contributed by atoms with Crippen LogP contribution in [0.25, 0.3) is 0 Å². The van der Waals surface area contributed by atoms with E-state index in [0.29, 0.717) is 12.3 Å². The number of carbonyl (C=O) groups is 2. The average Bonchev–Trinajstić information content (AvgIpc) is 2.31. The SMILES string of the molecule is CCOc1ccc(NC(=O)[C@H](C)OC(C)=O)cc1. The number of carbonyl (C=O) groups excluding carboxylic acids is 2. The van der Waals surface area contributed by atoms with Crippen LogP contribution in [0.5, 0.6) is 5.75 Å². The summed E-state index contributed by atoms with van der Waals surface area (Å²) in [5, 5.41) is 2.64. The molecule has 1 rings (SSSR count). The number of hydrogen-bond acceptors (Lipinski definition) is 4. The van der Waals surface area contributed by atoms with E-state index < -0.39 is 12.1 Å². The van der Waals surface area contributed by atoms with E-state index in [1.165, 1.54) is 13.8 Å². The number of hydrogen-bond donors (Lipinski definition) is 1. The summed E-state index contributed by atoms with van der Waals surface area (Å²) in [5.74, 6) is -0.109. The van der Waals surface area contributed by atoms with Crippen LogP contribution in [0.1, 0.15) is 20.8 Å². The van der Waals surface area contributed by atoms with Gasteiger partial charge in [0.1, 0.15) is 5.75 Å². The van der Waals surface area contributed by atoms with Crippen molar-refractivity contribution in [2.75, 3.05) is 11.9 Å². The molecule has 0 aliphatic carbocycles. The van der Waals surface area contributed by atoms with Gasteiger partial charge < -0.3 is 14.8 Å². The molecular weight excluding hydrogens is 234 g/mol. The maximum atomic E-state index is 11.6. The summed E-state index contributed by atoms with van der Waals surface area (Å²) in [6.07, 6.45) is -0.811. The first-order valence-corrected chi connectivity index (χ1v) is 5.74. The molecule has 5 heteroatoms. The van der Waals surface area contributed by atoms with Crippen LogP contribution < -0.4 is 10.1 Å². The smallest absolute Gasteiger partial charge is 0.303 e. The van der Waals surface area contributed by atoms with Gasteiger partial charge in [-0.3, -0.25) is 9.59 Å². The molecule has 0 bridgehead atoms. The number of amides is 1. The zero-order chi connectivity index (χ0) is 13.5. The van der Waals surface area contributed by atoms with Crippen molar-refractivity contribution in [2.24, 2.45) is 0 Å². The van der Waals surface area contributed by atoms with Crippen LogP contribution in [0.3, 0.4) is 0 Å². The van der Waals surface area contributed by atoms with E-state index in [0.717, 1.165) is 5.75 Å². The fraction of sp³-hybridized carbons (Fsp3) is 0.385. The first kappa shape index (κ1) is 14.0. The summed E-state index contributed by atoms with van der Waals surface area (Å²) in [4.78, 5) is 22.3. The topological polar surface area (TPSA) is 64.6 Å². The normalized spacial score (nSPS) is 11.5. The summed E-state index contributed by atoms with van der Waals surface area (Å²) in [6, 6.07) is 6.97. The predicted molar refractivity (Wildman–Crippen MR) is 67.5 cm³/mol. The van der Waals surface area contributed by atoms with Crippen LogP contribution in [0.2, 0.25) is 0 Å². The molecule has 1 aromatic carbocycles. The molecule has 1 amide bonds. The minimum atomic E-state index is -0.811. The van der Waals surface area contributed by atoms with Gasteiger partial charge in [-0.15, -0.1) is 0 Å². The minimum Gasteiger partial charge on any atom is -0.494 e. The Balaban J connectivity index is 2.56. The third-order valence-corrected chi connectivity index (χ3v) is 2.14. The Morgan fingerprint density at radius 1 is 1.28 bits per heavy atom. The van der Waals surface area contributed by atoms with Gasteiger partial charge in [0.15, 0.2) is 6.10 Å². The van der Waals surface area contributed by atoms with Crippen molar-refractivity contribution in [3.8, 4) is 5.75 Å². The van der Waals surface area contributed by atoms with E-state index in [1.807, 2.05) is 6.92 Å². The van der Waals surface area contributed by atoms with Crippen molar-refractivity contribution in [3.63, 3.8) is 0 Å². The maximum absolute atomic E-state index is 11.6. The van der Waals surface area contributed by atoms with Gasteiger partial charge in [-0.1, -0.05) is 0 Å². The maximum Gasteiger partial charge on any atom is 0.303 e. The fourth-order valence-electron chi connectivity index (χ4n) is 1.35. The monoisotopic (exact) mass is 251 g/mol. The van der Waals surface area contributed by atoms with Crippen molar-refractivity contribution in [2.45, 2.75) is 26.9 Å². The van der Waals surface area contributed by atoms with Gasteiger partial charge in [0, 0.05) is 12.6 Å². The van der Waals surface area contributed by atoms with E-state index in [1.54, 1.807) is 24.3 Å². The fourth-order valence-corrected chi connectivity index (χ4v) is 1.35. The molecule has 1 atom stereocenters. The summed E-state index contributed by atoms with van der Waals surface area (Å²) in [7, 11) is 0. The summed E-state index contributed by atoms with van der Waals surface area (Å²) in [6.45, 7) is 5.28. The minimum absolute atomic E-state index is 0.366. The molecule has 5 nitrogen and oxygen atoms in total. The van der Waals surface area contributed by atoms with Gasteiger partial charge in [-0.2, -0.15) is 0 Å². The Labute approximate surface area is 106 Å². The van der Waals surface area contributed by atoms with Crippen molar-refractivity contribution in [1.82, 2.24) is 0 Å². The van der Waals surface area contributed by atoms with Crippen LogP contribution >= 0.6 is 0 Å². The van der Waals surface area contributed by atoms with E-state index in [2.05, 4.69) is 5.32 Å². The van der Waals surface area contributed by atoms with Crippen LogP contribution in [0.4, 0.5) is 5.69 Å². The highest BCUT2D eigenvalue weighted by atomic mass is 16.5. The number of nitrogens with one attached hydrogen (secondary N) is 1. The highest BCUT2D eigenvalue weighted by molar-refractivity contribution is 5.94. The molecule has 0 heterocycles. The number of rotatable bonds is 5. The van der Waals surface area contributed by atoms with Crippen LogP contribution in [-0.2, 0) is 14.3 Å². The first-order chi connectivity index (χ1) is 8.52. The molecule has 0 radical (unpaired) electrons. The Morgan fingerprint density at radius 3 is 2.39 bits per heavy atom. The Kier molecular flexibility index (Phi) is 5.17. The summed E-state index contributed by atoms with van der Waals surface area (Å²) in [5.41, 5.74) is 0.627. The van der Waals surface area contributed by atoms with Crippen molar-refractivity contribution in [3.05, 3.63) is 24.3 Å². The third kappa shape index (κ3) is 4.45. The predicted octanol–water partition coefficient (Wildman–Crippen LogP) is 1.98. The zero-order valence-electron chi connectivity index (χ0n) is 10.7. The molecule has 0 spiro atoms. The van der Waals surface area contributed by atoms with Gasteiger partial charge in [-0.25, -0.2) is 0 Å². The van der Waals surface area contributed by atoms with E-state index >= 15 is 0 Å². The van der Waals surface area contributed by atoms with E-state index in [4.69, 9.17) is 9.47 Å². The van der Waals surface area contributed by atoms with E-state index in [9.17, 15) is 9.59 Å². The Hall–Kier alpha value is -2.04. The first-order valence-electron chi connectivity index (χ1n) is 5.74. The van der Waals surface area contributed by atoms with Crippen molar-refractivity contribution in [1.29, 1.82) is 0 Å². The van der Waals surface area contributed by atoms with Crippen molar-refractivity contribution >= 4 is 17.6 Å². The lowest BCUT2D eigenvalue weighted by Crippen LogP contribution is -2.29. The number of benzene rings is 1. The van der Waals surface area contributed by atoms with Gasteiger partial charge in [0.05, 0.1) is 6.61 Å². The van der Waals surface area contributed by atoms with Crippen LogP contribution in [0, 0.1) is 0 Å². The standard InChI is InChI=1S/C13H17NO4/c1-4-17-12-7-5-11(6-8-12)14-13(16)9(2)18-10(3)15/h5-9H,4H2,1-3H3,(H,14,16)/t9-/m0/s1. The number of ether oxygens (including phenoxy) is 2. The highest BCUT2D eigenvalue weighted by Gasteiger charge is 2.15. The van der Waals surface area contributed by atoms with E-state index in [-0.39, 0.29) is 5.91 Å². The van der Waals surface area contributed by atoms with Crippen LogP contribution in [-0.4, -0.2) is 24.6 Å². The molecule has 0 fully saturated rings. The second-order valence-electron chi connectivity index (χ2n) is 3.70. The average molecular weight is 251 g/mol. The molecule has 0 unspecified atom stereocenters. The highest BCUT2D eigenvalue weighted by Crippen LogP contribution is 2.15. The second kappa shape index (κ2) is 6.64. The molecular formula is C13H17NO4. The third-order valence-electron chi connectivity index (χ3n) is 2.14. The van der Waals surface area contributed by atoms with Gasteiger partial charge in [0.25, 0.3) is 5.91 Å². The summed E-state index contributed by atoms with van der Waals surface area (Å²) >= 11 is 0. The molecule has 0 saturated carbocycles. The molecule has 0 saturated heterocycles. The molecule has 0 aliphatic heterocycles. The lowest BCUT2D eigenvalue weighted by molar-refractivity contribution is -0.150. The van der Waals surface area contributed by atoms with Gasteiger partial charge in [0.2, 0.25) is 0 Å². The number of anilines is 1. The lowest BCUT2D eigenvalue weighted by Gasteiger charge is -2.12. The molecule has 98 valence electrons.